The quantitative estimate of drug-likeness (QED) is 0.551. The lowest BCUT2D eigenvalue weighted by Gasteiger charge is -2.11. The van der Waals surface area contributed by atoms with Crippen LogP contribution in [0.5, 0.6) is 17.2 Å². The number of aliphatic imine (C=N–C) groups is 1. The number of carbonyl (C=O) groups excluding carboxylic acids is 1. The van der Waals surface area contributed by atoms with Crippen molar-refractivity contribution in [3.63, 3.8) is 0 Å². The third-order valence-corrected chi connectivity index (χ3v) is 4.06. The summed E-state index contributed by atoms with van der Waals surface area (Å²) in [4.78, 5) is 16.5. The van der Waals surface area contributed by atoms with Gasteiger partial charge in [-0.3, -0.25) is 0 Å². The van der Waals surface area contributed by atoms with Crippen molar-refractivity contribution in [1.82, 2.24) is 0 Å². The maximum Gasteiger partial charge on any atom is 0.363 e. The number of nitrogens with zero attached hydrogens (tertiary/aromatic N) is 1. The van der Waals surface area contributed by atoms with Crippen molar-refractivity contribution in [3.05, 3.63) is 58.2 Å². The van der Waals surface area contributed by atoms with Gasteiger partial charge in [-0.05, 0) is 48.9 Å². The van der Waals surface area contributed by atoms with E-state index < -0.39 is 5.97 Å². The van der Waals surface area contributed by atoms with Gasteiger partial charge in [0.1, 0.15) is 5.75 Å². The summed E-state index contributed by atoms with van der Waals surface area (Å²) in [5.74, 6) is 1.25. The van der Waals surface area contributed by atoms with Crippen LogP contribution in [0.4, 0.5) is 0 Å². The molecule has 2 aromatic rings. The minimum atomic E-state index is -0.545. The molecule has 0 atom stereocenters. The molecular weight excluding hydrogens is 370 g/mol. The molecule has 0 radical (unpaired) electrons. The van der Waals surface area contributed by atoms with Crippen LogP contribution in [0.2, 0.25) is 5.02 Å². The number of hydrogen-bond acceptors (Lipinski definition) is 6. The van der Waals surface area contributed by atoms with E-state index in [0.29, 0.717) is 40.0 Å². The summed E-state index contributed by atoms with van der Waals surface area (Å²) >= 11 is 6.27. The molecule has 0 aliphatic carbocycles. The van der Waals surface area contributed by atoms with Crippen molar-refractivity contribution in [2.45, 2.75) is 6.92 Å². The van der Waals surface area contributed by atoms with Crippen molar-refractivity contribution < 1.29 is 23.7 Å². The van der Waals surface area contributed by atoms with Gasteiger partial charge in [-0.15, -0.1) is 0 Å². The van der Waals surface area contributed by atoms with Gasteiger partial charge in [0.05, 0.1) is 25.8 Å². The van der Waals surface area contributed by atoms with Crippen molar-refractivity contribution in [2.75, 3.05) is 20.8 Å². The molecule has 0 saturated carbocycles. The number of halogens is 1. The third-order valence-electron chi connectivity index (χ3n) is 3.78. The van der Waals surface area contributed by atoms with E-state index in [1.165, 1.54) is 7.11 Å². The summed E-state index contributed by atoms with van der Waals surface area (Å²) in [7, 11) is 3.09. The Morgan fingerprint density at radius 3 is 2.70 bits per heavy atom. The Morgan fingerprint density at radius 1 is 1.19 bits per heavy atom. The first-order valence-electron chi connectivity index (χ1n) is 8.23. The minimum Gasteiger partial charge on any atom is -0.497 e. The number of rotatable bonds is 6. The van der Waals surface area contributed by atoms with Crippen LogP contribution in [-0.2, 0) is 9.53 Å². The molecule has 7 heteroatoms. The number of hydrogen-bond donors (Lipinski definition) is 0. The first-order chi connectivity index (χ1) is 13.0. The molecule has 140 valence electrons. The van der Waals surface area contributed by atoms with Crippen molar-refractivity contribution >= 4 is 29.5 Å². The third kappa shape index (κ3) is 4.06. The minimum absolute atomic E-state index is 0.162. The fourth-order valence-electron chi connectivity index (χ4n) is 2.55. The van der Waals surface area contributed by atoms with E-state index in [-0.39, 0.29) is 11.6 Å². The molecule has 0 saturated heterocycles. The maximum absolute atomic E-state index is 12.2. The largest absolute Gasteiger partial charge is 0.497 e. The Balaban J connectivity index is 1.96. The Hall–Kier alpha value is -2.99. The van der Waals surface area contributed by atoms with E-state index in [9.17, 15) is 4.79 Å². The average molecular weight is 388 g/mol. The molecule has 0 amide bonds. The standard InChI is InChI=1S/C20H18ClNO5/c1-4-26-18-15(21)8-12(10-17(18)25-3)9-16-20(23)27-19(22-16)13-6-5-7-14(11-13)24-2/h5-11H,4H2,1-3H3/b16-9+. The van der Waals surface area contributed by atoms with Crippen LogP contribution in [0, 0.1) is 0 Å². The Bertz CT molecular complexity index is 936. The first-order valence-corrected chi connectivity index (χ1v) is 8.60. The van der Waals surface area contributed by atoms with Crippen LogP contribution >= 0.6 is 11.6 Å². The number of carbonyl (C=O) groups is 1. The van der Waals surface area contributed by atoms with Gasteiger partial charge in [-0.25, -0.2) is 9.79 Å². The second-order valence-electron chi connectivity index (χ2n) is 5.54. The molecule has 3 rings (SSSR count). The van der Waals surface area contributed by atoms with Crippen molar-refractivity contribution in [3.8, 4) is 17.2 Å². The Morgan fingerprint density at radius 2 is 2.00 bits per heavy atom. The summed E-state index contributed by atoms with van der Waals surface area (Å²) in [6, 6.07) is 10.5. The van der Waals surface area contributed by atoms with Gasteiger partial charge in [0.25, 0.3) is 0 Å². The SMILES string of the molecule is CCOc1c(Cl)cc(/C=C2/N=C(c3cccc(OC)c3)OC2=O)cc1OC. The highest BCUT2D eigenvalue weighted by Gasteiger charge is 2.24. The van der Waals surface area contributed by atoms with E-state index in [4.69, 9.17) is 30.5 Å². The molecular formula is C20H18ClNO5. The van der Waals surface area contributed by atoms with Gasteiger partial charge >= 0.3 is 5.97 Å². The monoisotopic (exact) mass is 387 g/mol. The lowest BCUT2D eigenvalue weighted by atomic mass is 10.1. The molecule has 2 aromatic carbocycles. The zero-order valence-corrected chi connectivity index (χ0v) is 15.9. The molecule has 0 aromatic heterocycles. The lowest BCUT2D eigenvalue weighted by molar-refractivity contribution is -0.129. The fraction of sp³-hybridized carbons (Fsp3) is 0.200. The van der Waals surface area contributed by atoms with E-state index in [1.807, 2.05) is 6.92 Å². The Labute approximate surface area is 162 Å². The summed E-state index contributed by atoms with van der Waals surface area (Å²) in [5.41, 5.74) is 1.45. The number of cyclic esters (lactones) is 1. The summed E-state index contributed by atoms with van der Waals surface area (Å²) in [5, 5.41) is 0.381. The van der Waals surface area contributed by atoms with Crippen LogP contribution < -0.4 is 14.2 Å². The van der Waals surface area contributed by atoms with Crippen molar-refractivity contribution in [2.24, 2.45) is 4.99 Å². The lowest BCUT2D eigenvalue weighted by Crippen LogP contribution is -2.05. The van der Waals surface area contributed by atoms with Gasteiger partial charge in [0, 0.05) is 5.56 Å². The zero-order valence-electron chi connectivity index (χ0n) is 15.1. The molecule has 0 N–H and O–H groups in total. The van der Waals surface area contributed by atoms with E-state index in [2.05, 4.69) is 4.99 Å². The number of esters is 1. The molecule has 1 heterocycles. The van der Waals surface area contributed by atoms with Crippen LogP contribution in [0.25, 0.3) is 6.08 Å². The second kappa shape index (κ2) is 8.14. The van der Waals surface area contributed by atoms with Gasteiger partial charge in [-0.2, -0.15) is 0 Å². The summed E-state index contributed by atoms with van der Waals surface area (Å²) in [6.45, 7) is 2.31. The highest BCUT2D eigenvalue weighted by atomic mass is 35.5. The zero-order chi connectivity index (χ0) is 19.4. The smallest absolute Gasteiger partial charge is 0.363 e. The topological polar surface area (TPSA) is 66.3 Å². The summed E-state index contributed by atoms with van der Waals surface area (Å²) in [6.07, 6.45) is 1.58. The molecule has 27 heavy (non-hydrogen) atoms. The van der Waals surface area contributed by atoms with Gasteiger partial charge in [0.15, 0.2) is 17.2 Å². The molecule has 0 bridgehead atoms. The van der Waals surface area contributed by atoms with Gasteiger partial charge < -0.3 is 18.9 Å². The molecule has 0 spiro atoms. The van der Waals surface area contributed by atoms with Crippen LogP contribution in [0.1, 0.15) is 18.1 Å². The average Bonchev–Trinajstić information content (AvgIpc) is 3.04. The second-order valence-corrected chi connectivity index (χ2v) is 5.94. The number of benzene rings is 2. The van der Waals surface area contributed by atoms with E-state index in [1.54, 1.807) is 49.6 Å². The molecule has 0 unspecified atom stereocenters. The van der Waals surface area contributed by atoms with Crippen molar-refractivity contribution in [1.29, 1.82) is 0 Å². The van der Waals surface area contributed by atoms with Gasteiger partial charge in [0.2, 0.25) is 5.90 Å². The predicted octanol–water partition coefficient (Wildman–Crippen LogP) is 4.10. The van der Waals surface area contributed by atoms with Gasteiger partial charge in [-0.1, -0.05) is 17.7 Å². The highest BCUT2D eigenvalue weighted by Crippen LogP contribution is 2.37. The van der Waals surface area contributed by atoms with E-state index in [0.717, 1.165) is 0 Å². The molecule has 1 aliphatic heterocycles. The maximum atomic E-state index is 12.2. The normalized spacial score (nSPS) is 14.7. The van der Waals surface area contributed by atoms with Crippen LogP contribution in [0.3, 0.4) is 0 Å². The van der Waals surface area contributed by atoms with Crippen LogP contribution in [0.15, 0.2) is 47.1 Å². The molecule has 0 fully saturated rings. The number of methoxy groups -OCH3 is 2. The molecule has 6 nitrogen and oxygen atoms in total. The van der Waals surface area contributed by atoms with E-state index >= 15 is 0 Å². The highest BCUT2D eigenvalue weighted by molar-refractivity contribution is 6.32. The summed E-state index contributed by atoms with van der Waals surface area (Å²) < 4.78 is 21.3. The number of ether oxygens (including phenoxy) is 4. The molecule has 1 aliphatic rings. The Kier molecular flexibility index (Phi) is 5.66. The first kappa shape index (κ1) is 18.8. The fourth-order valence-corrected chi connectivity index (χ4v) is 2.83. The predicted molar refractivity (Wildman–Crippen MR) is 103 cm³/mol. The van der Waals surface area contributed by atoms with Crippen LogP contribution in [-0.4, -0.2) is 32.7 Å².